The van der Waals surface area contributed by atoms with Crippen molar-refractivity contribution in [1.82, 2.24) is 44.7 Å². The summed E-state index contributed by atoms with van der Waals surface area (Å²) in [4.78, 5) is 68.3. The van der Waals surface area contributed by atoms with E-state index < -0.39 is 11.9 Å². The summed E-state index contributed by atoms with van der Waals surface area (Å²) >= 11 is 0. The molecular weight excluding hydrogens is 821 g/mol. The van der Waals surface area contributed by atoms with Crippen molar-refractivity contribution in [2.24, 2.45) is 5.92 Å². The van der Waals surface area contributed by atoms with Gasteiger partial charge in [-0.05, 0) is 136 Å². The summed E-state index contributed by atoms with van der Waals surface area (Å²) in [7, 11) is 0. The van der Waals surface area contributed by atoms with Gasteiger partial charge in [-0.1, -0.05) is 30.3 Å². The maximum Gasteiger partial charge on any atom is 0.255 e. The number of rotatable bonds is 12. The maximum absolute atomic E-state index is 13.3. The van der Waals surface area contributed by atoms with E-state index in [1.54, 1.807) is 4.90 Å². The fraction of sp³-hybridized carbons (Fsp3) is 0.460. The zero-order chi connectivity index (χ0) is 44.4. The van der Waals surface area contributed by atoms with E-state index in [1.807, 2.05) is 71.6 Å². The number of piperidine rings is 4. The van der Waals surface area contributed by atoms with E-state index in [1.165, 1.54) is 24.7 Å². The molecular formula is C50H58N10O5. The van der Waals surface area contributed by atoms with Gasteiger partial charge in [0.2, 0.25) is 17.7 Å². The van der Waals surface area contributed by atoms with Crippen molar-refractivity contribution in [2.75, 3.05) is 58.1 Å². The fourth-order valence-electron chi connectivity index (χ4n) is 10.8. The Morgan fingerprint density at radius 3 is 2.29 bits per heavy atom. The second-order valence-corrected chi connectivity index (χ2v) is 18.6. The van der Waals surface area contributed by atoms with Gasteiger partial charge in [0, 0.05) is 63.2 Å². The van der Waals surface area contributed by atoms with Crippen LogP contribution in [0, 0.1) is 5.92 Å². The summed E-state index contributed by atoms with van der Waals surface area (Å²) in [5, 5.41) is 8.30. The first-order valence-electron chi connectivity index (χ1n) is 23.6. The number of carbonyl (C=O) groups excluding carboxylic acids is 4. The van der Waals surface area contributed by atoms with Crippen LogP contribution in [0.4, 0.5) is 5.82 Å². The van der Waals surface area contributed by atoms with Crippen LogP contribution < -0.4 is 15.8 Å². The molecule has 4 saturated heterocycles. The molecule has 0 saturated carbocycles. The lowest BCUT2D eigenvalue weighted by Crippen LogP contribution is -2.52. The number of nitrogens with one attached hydrogen (secondary N) is 1. The van der Waals surface area contributed by atoms with Crippen LogP contribution in [0.3, 0.4) is 0 Å². The summed E-state index contributed by atoms with van der Waals surface area (Å²) in [5.74, 6) is 2.41. The molecule has 15 heteroatoms. The number of benzene rings is 3. The van der Waals surface area contributed by atoms with E-state index in [9.17, 15) is 19.2 Å². The lowest BCUT2D eigenvalue weighted by molar-refractivity contribution is -0.137. The third kappa shape index (κ3) is 9.21. The smallest absolute Gasteiger partial charge is 0.255 e. The molecule has 0 radical (unpaired) electrons. The van der Waals surface area contributed by atoms with Crippen LogP contribution >= 0.6 is 0 Å². The highest BCUT2D eigenvalue weighted by molar-refractivity contribution is 6.05. The van der Waals surface area contributed by atoms with Crippen LogP contribution in [-0.2, 0) is 20.9 Å². The molecule has 1 atom stereocenters. The number of imide groups is 1. The van der Waals surface area contributed by atoms with Crippen LogP contribution in [0.15, 0.2) is 79.1 Å². The number of nitrogens with zero attached hydrogens (tertiary/aromatic N) is 8. The maximum atomic E-state index is 13.3. The number of amides is 4. The molecule has 0 aliphatic carbocycles. The van der Waals surface area contributed by atoms with Crippen molar-refractivity contribution in [2.45, 2.75) is 88.8 Å². The van der Waals surface area contributed by atoms with Crippen molar-refractivity contribution >= 4 is 40.5 Å². The second-order valence-electron chi connectivity index (χ2n) is 18.6. The molecule has 2 aromatic heterocycles. The molecule has 15 nitrogen and oxygen atoms in total. The average molecular weight is 879 g/mol. The van der Waals surface area contributed by atoms with Crippen molar-refractivity contribution < 1.29 is 23.9 Å². The van der Waals surface area contributed by atoms with Gasteiger partial charge < -0.3 is 30.1 Å². The lowest BCUT2D eigenvalue weighted by Gasteiger charge is -2.38. The molecule has 3 aromatic carbocycles. The Kier molecular flexibility index (Phi) is 12.3. The molecule has 65 heavy (non-hydrogen) atoms. The quantitative estimate of drug-likeness (QED) is 0.138. The summed E-state index contributed by atoms with van der Waals surface area (Å²) < 4.78 is 8.10. The van der Waals surface area contributed by atoms with Crippen LogP contribution in [0.25, 0.3) is 22.3 Å². The normalized spacial score (nSPS) is 20.7. The van der Waals surface area contributed by atoms with Crippen molar-refractivity contribution in [1.29, 1.82) is 0 Å². The molecule has 338 valence electrons. The topological polar surface area (TPSA) is 172 Å². The first-order chi connectivity index (χ1) is 31.7. The predicted molar refractivity (Wildman–Crippen MR) is 246 cm³/mol. The SMILES string of the molecule is Nc1ncnc2c1c(-c1ccc(Oc3ccccc3)cc1)nn2C1CCN(CC2CCN(CCCC(=O)N3CCC(c4ccc5c(c4)CN(C4CCC(=O)NC4=O)C5=O)CC3)CC2)CC1. The lowest BCUT2D eigenvalue weighted by atomic mass is 9.87. The minimum absolute atomic E-state index is 0.147. The Morgan fingerprint density at radius 1 is 0.800 bits per heavy atom. The van der Waals surface area contributed by atoms with Gasteiger partial charge in [0.05, 0.1) is 11.4 Å². The van der Waals surface area contributed by atoms with Crippen molar-refractivity contribution in [3.05, 3.63) is 95.8 Å². The molecule has 0 spiro atoms. The number of carbonyl (C=O) groups is 4. The number of nitrogens with two attached hydrogens (primary N) is 1. The number of nitrogen functional groups attached to an aromatic ring is 1. The van der Waals surface area contributed by atoms with Gasteiger partial charge in [0.25, 0.3) is 5.91 Å². The van der Waals surface area contributed by atoms with Gasteiger partial charge in [0.15, 0.2) is 5.65 Å². The molecule has 5 aromatic rings. The molecule has 0 bridgehead atoms. The first kappa shape index (κ1) is 42.7. The monoisotopic (exact) mass is 878 g/mol. The Labute approximate surface area is 379 Å². The number of hydrogen-bond acceptors (Lipinski definition) is 11. The molecule has 1 unspecified atom stereocenters. The number of ether oxygens (including phenoxy) is 1. The molecule has 5 aliphatic heterocycles. The molecule has 3 N–H and O–H groups in total. The van der Waals surface area contributed by atoms with E-state index >= 15 is 0 Å². The van der Waals surface area contributed by atoms with Crippen LogP contribution in [0.5, 0.6) is 11.5 Å². The molecule has 5 aliphatic rings. The number of hydrogen-bond donors (Lipinski definition) is 2. The standard InChI is InChI=1S/C50H58N10O5/c51-47-45-46(35-8-11-40(12-9-35)65-39-5-2-1-3-6-39)55-60(48(45)53-32-52-47)38-20-25-57(26-21-38)30-33-16-23-56(24-17-33)22-4-7-44(62)58-27-18-34(19-28-58)36-10-13-41-37(29-36)31-59(50(41)64)42-14-15-43(61)54-49(42)63/h1-3,5-6,8-13,29,32-34,38,42H,4,7,14-28,30-31H2,(H2,51,52,53)(H,54,61,63). The van der Waals surface area contributed by atoms with Gasteiger partial charge in [-0.25, -0.2) is 14.6 Å². The van der Waals surface area contributed by atoms with Gasteiger partial charge in [-0.2, -0.15) is 5.10 Å². The highest BCUT2D eigenvalue weighted by Gasteiger charge is 2.39. The molecule has 10 rings (SSSR count). The summed E-state index contributed by atoms with van der Waals surface area (Å²) in [6.07, 6.45) is 9.76. The summed E-state index contributed by atoms with van der Waals surface area (Å²) in [5.41, 5.74) is 11.7. The van der Waals surface area contributed by atoms with E-state index in [2.05, 4.69) is 35.8 Å². The van der Waals surface area contributed by atoms with Gasteiger partial charge >= 0.3 is 0 Å². The van der Waals surface area contributed by atoms with E-state index in [0.29, 0.717) is 42.6 Å². The molecule has 7 heterocycles. The van der Waals surface area contributed by atoms with Gasteiger partial charge in [-0.3, -0.25) is 24.5 Å². The fourth-order valence-corrected chi connectivity index (χ4v) is 10.8. The van der Waals surface area contributed by atoms with Crippen LogP contribution in [0.2, 0.25) is 0 Å². The number of fused-ring (bicyclic) bond motifs is 2. The Hall–Kier alpha value is -6.19. The van der Waals surface area contributed by atoms with E-state index in [4.69, 9.17) is 15.6 Å². The second kappa shape index (κ2) is 18.7. The predicted octanol–water partition coefficient (Wildman–Crippen LogP) is 6.16. The largest absolute Gasteiger partial charge is 0.457 e. The number of para-hydroxylation sites is 1. The first-order valence-corrected chi connectivity index (χ1v) is 23.6. The summed E-state index contributed by atoms with van der Waals surface area (Å²) in [6.45, 7) is 8.16. The third-order valence-corrected chi connectivity index (χ3v) is 14.5. The average Bonchev–Trinajstić information content (AvgIpc) is 3.88. The number of likely N-dealkylation sites (tertiary alicyclic amines) is 3. The zero-order valence-electron chi connectivity index (χ0n) is 36.9. The van der Waals surface area contributed by atoms with Gasteiger partial charge in [-0.15, -0.1) is 0 Å². The zero-order valence-corrected chi connectivity index (χ0v) is 36.9. The Balaban J connectivity index is 0.642. The Bertz CT molecular complexity index is 2540. The van der Waals surface area contributed by atoms with E-state index in [0.717, 1.165) is 124 Å². The van der Waals surface area contributed by atoms with Crippen LogP contribution in [0.1, 0.15) is 97.7 Å². The van der Waals surface area contributed by atoms with Crippen molar-refractivity contribution in [3.63, 3.8) is 0 Å². The Morgan fingerprint density at radius 2 is 1.54 bits per heavy atom. The number of aromatic nitrogens is 4. The van der Waals surface area contributed by atoms with Crippen LogP contribution in [-0.4, -0.2) is 121 Å². The van der Waals surface area contributed by atoms with Crippen molar-refractivity contribution in [3.8, 4) is 22.8 Å². The highest BCUT2D eigenvalue weighted by atomic mass is 16.5. The summed E-state index contributed by atoms with van der Waals surface area (Å²) in [6, 6.07) is 23.3. The van der Waals surface area contributed by atoms with Gasteiger partial charge in [0.1, 0.15) is 35.4 Å². The molecule has 4 fully saturated rings. The number of anilines is 1. The minimum Gasteiger partial charge on any atom is -0.457 e. The molecule has 4 amide bonds. The van der Waals surface area contributed by atoms with E-state index in [-0.39, 0.29) is 30.2 Å². The third-order valence-electron chi connectivity index (χ3n) is 14.5. The highest BCUT2D eigenvalue weighted by Crippen LogP contribution is 2.37. The minimum atomic E-state index is -0.611.